The van der Waals surface area contributed by atoms with Gasteiger partial charge in [-0.25, -0.2) is 17.5 Å². The molecule has 1 rings (SSSR count). The summed E-state index contributed by atoms with van der Waals surface area (Å²) in [5.41, 5.74) is 0.672. The van der Waals surface area contributed by atoms with Crippen LogP contribution in [0.1, 0.15) is 25.8 Å². The Labute approximate surface area is 181 Å². The van der Waals surface area contributed by atoms with Crippen LogP contribution in [0.5, 0.6) is 0 Å². The molecule has 0 aliphatic rings. The first-order chi connectivity index (χ1) is 11.9. The molecule has 1 aromatic carbocycles. The van der Waals surface area contributed by atoms with Gasteiger partial charge in [-0.15, -0.1) is 24.0 Å². The minimum Gasteiger partial charge on any atom is -0.357 e. The number of sulfonamides is 1. The minimum atomic E-state index is -3.18. The van der Waals surface area contributed by atoms with Crippen LogP contribution in [0, 0.1) is 5.82 Å². The summed E-state index contributed by atoms with van der Waals surface area (Å²) in [6, 6.07) is 5.05. The average molecular weight is 565 g/mol. The number of rotatable bonds is 10. The smallest absolute Gasteiger partial charge is 0.211 e. The summed E-state index contributed by atoms with van der Waals surface area (Å²) in [6.07, 6.45) is 1.33. The first-order valence-electron chi connectivity index (χ1n) is 8.31. The highest BCUT2D eigenvalue weighted by Crippen LogP contribution is 2.16. The average Bonchev–Trinajstić information content (AvgIpc) is 2.57. The molecule has 0 saturated heterocycles. The maximum Gasteiger partial charge on any atom is 0.211 e. The fourth-order valence-electron chi connectivity index (χ4n) is 2.02. The van der Waals surface area contributed by atoms with Crippen LogP contribution in [0.25, 0.3) is 0 Å². The van der Waals surface area contributed by atoms with E-state index in [1.165, 1.54) is 6.07 Å². The molecule has 0 aliphatic heterocycles. The van der Waals surface area contributed by atoms with Crippen LogP contribution in [-0.2, 0) is 16.4 Å². The Morgan fingerprint density at radius 2 is 1.96 bits per heavy atom. The second-order valence-electron chi connectivity index (χ2n) is 5.32. The first-order valence-corrected chi connectivity index (χ1v) is 10.8. The quantitative estimate of drug-likeness (QED) is 0.177. The molecular weight excluding hydrogens is 538 g/mol. The zero-order valence-corrected chi connectivity index (χ0v) is 19.8. The van der Waals surface area contributed by atoms with E-state index in [-0.39, 0.29) is 35.5 Å². The largest absolute Gasteiger partial charge is 0.357 e. The number of aryl methyl sites for hydroxylation is 1. The van der Waals surface area contributed by atoms with Crippen LogP contribution >= 0.6 is 39.9 Å². The van der Waals surface area contributed by atoms with Gasteiger partial charge in [0.15, 0.2) is 5.96 Å². The lowest BCUT2D eigenvalue weighted by molar-refractivity contribution is 0.581. The van der Waals surface area contributed by atoms with Crippen LogP contribution in [0.3, 0.4) is 0 Å². The third-order valence-electron chi connectivity index (χ3n) is 3.35. The van der Waals surface area contributed by atoms with Crippen molar-refractivity contribution in [3.63, 3.8) is 0 Å². The molecule has 1 aromatic rings. The second kappa shape index (κ2) is 13.7. The van der Waals surface area contributed by atoms with E-state index in [2.05, 4.69) is 36.3 Å². The van der Waals surface area contributed by atoms with Gasteiger partial charge in [-0.05, 0) is 44.4 Å². The van der Waals surface area contributed by atoms with Crippen molar-refractivity contribution in [2.45, 2.75) is 26.7 Å². The number of aliphatic imine (C=N–C) groups is 1. The predicted molar refractivity (Wildman–Crippen MR) is 119 cm³/mol. The first kappa shape index (κ1) is 25.5. The Kier molecular flexibility index (Phi) is 13.4. The minimum absolute atomic E-state index is 0. The zero-order valence-electron chi connectivity index (χ0n) is 15.0. The van der Waals surface area contributed by atoms with Crippen molar-refractivity contribution >= 4 is 55.9 Å². The lowest BCUT2D eigenvalue weighted by Crippen LogP contribution is -2.41. The van der Waals surface area contributed by atoms with E-state index in [9.17, 15) is 12.8 Å². The molecule has 0 unspecified atom stereocenters. The molecule has 0 amide bonds. The van der Waals surface area contributed by atoms with Crippen molar-refractivity contribution in [2.75, 3.05) is 31.9 Å². The van der Waals surface area contributed by atoms with Gasteiger partial charge < -0.3 is 10.6 Å². The van der Waals surface area contributed by atoms with E-state index in [0.717, 1.165) is 10.9 Å². The second-order valence-corrected chi connectivity index (χ2v) is 8.34. The van der Waals surface area contributed by atoms with Crippen LogP contribution in [-0.4, -0.2) is 46.3 Å². The van der Waals surface area contributed by atoms with Crippen LogP contribution in [0.4, 0.5) is 4.39 Å². The highest BCUT2D eigenvalue weighted by Gasteiger charge is 2.05. The van der Waals surface area contributed by atoms with Crippen molar-refractivity contribution < 1.29 is 12.8 Å². The molecule has 0 fully saturated rings. The normalized spacial score (nSPS) is 11.8. The zero-order chi connectivity index (χ0) is 18.7. The molecule has 3 N–H and O–H groups in total. The van der Waals surface area contributed by atoms with Crippen molar-refractivity contribution in [1.82, 2.24) is 15.4 Å². The molecule has 0 heterocycles. The number of guanidine groups is 1. The number of nitrogens with zero attached hydrogens (tertiary/aromatic N) is 1. The van der Waals surface area contributed by atoms with Gasteiger partial charge in [0.25, 0.3) is 0 Å². The molecule has 0 saturated carbocycles. The Bertz CT molecular complexity index is 674. The molecule has 6 nitrogen and oxygen atoms in total. The molecule has 0 spiro atoms. The molecule has 26 heavy (non-hydrogen) atoms. The summed E-state index contributed by atoms with van der Waals surface area (Å²) in [5, 5.41) is 6.16. The summed E-state index contributed by atoms with van der Waals surface area (Å²) in [7, 11) is -3.18. The van der Waals surface area contributed by atoms with Crippen molar-refractivity contribution in [3.05, 3.63) is 34.1 Å². The van der Waals surface area contributed by atoms with Gasteiger partial charge in [0.2, 0.25) is 10.0 Å². The van der Waals surface area contributed by atoms with E-state index >= 15 is 0 Å². The fourth-order valence-corrected chi connectivity index (χ4v) is 2.97. The molecular formula is C16H27BrFIN4O2S. The monoisotopic (exact) mass is 564 g/mol. The topological polar surface area (TPSA) is 82.6 Å². The van der Waals surface area contributed by atoms with Gasteiger partial charge in [0.05, 0.1) is 5.75 Å². The SMILES string of the molecule is CCNC(=NCCCc1ccc(Br)cc1F)NCCNS(=O)(=O)CC.I. The van der Waals surface area contributed by atoms with Crippen LogP contribution < -0.4 is 15.4 Å². The Balaban J connectivity index is 0.00000625. The Morgan fingerprint density at radius 3 is 2.58 bits per heavy atom. The lowest BCUT2D eigenvalue weighted by Gasteiger charge is -2.11. The molecule has 0 radical (unpaired) electrons. The maximum absolute atomic E-state index is 13.7. The van der Waals surface area contributed by atoms with E-state index in [0.29, 0.717) is 44.1 Å². The molecule has 0 aliphatic carbocycles. The summed E-state index contributed by atoms with van der Waals surface area (Å²) < 4.78 is 39.6. The van der Waals surface area contributed by atoms with Crippen LogP contribution in [0.2, 0.25) is 0 Å². The van der Waals surface area contributed by atoms with Gasteiger partial charge in [-0.1, -0.05) is 22.0 Å². The maximum atomic E-state index is 13.7. The molecule has 0 bridgehead atoms. The van der Waals surface area contributed by atoms with E-state index in [1.807, 2.05) is 13.0 Å². The highest BCUT2D eigenvalue weighted by atomic mass is 127. The van der Waals surface area contributed by atoms with E-state index in [4.69, 9.17) is 0 Å². The van der Waals surface area contributed by atoms with Crippen molar-refractivity contribution in [2.24, 2.45) is 4.99 Å². The summed E-state index contributed by atoms with van der Waals surface area (Å²) >= 11 is 3.24. The summed E-state index contributed by atoms with van der Waals surface area (Å²) in [6.45, 7) is 5.53. The van der Waals surface area contributed by atoms with Gasteiger partial charge in [-0.3, -0.25) is 4.99 Å². The Hall–Kier alpha value is -0.460. The molecule has 0 atom stereocenters. The van der Waals surface area contributed by atoms with Crippen molar-refractivity contribution in [3.8, 4) is 0 Å². The van der Waals surface area contributed by atoms with Gasteiger partial charge in [0.1, 0.15) is 5.82 Å². The van der Waals surface area contributed by atoms with Crippen molar-refractivity contribution in [1.29, 1.82) is 0 Å². The predicted octanol–water partition coefficient (Wildman–Crippen LogP) is 2.63. The third kappa shape index (κ3) is 10.6. The third-order valence-corrected chi connectivity index (χ3v) is 5.25. The standard InChI is InChI=1S/C16H26BrFN4O2S.HI/c1-3-19-16(21-10-11-22-25(23,24)4-2)20-9-5-6-13-7-8-14(17)12-15(13)18;/h7-8,12,22H,3-6,9-11H2,1-2H3,(H2,19,20,21);1H. The van der Waals surface area contributed by atoms with E-state index in [1.54, 1.807) is 13.0 Å². The number of hydrogen-bond donors (Lipinski definition) is 3. The van der Waals surface area contributed by atoms with E-state index < -0.39 is 10.0 Å². The fraction of sp³-hybridized carbons (Fsp3) is 0.562. The van der Waals surface area contributed by atoms with Gasteiger partial charge >= 0.3 is 0 Å². The lowest BCUT2D eigenvalue weighted by atomic mass is 10.1. The summed E-state index contributed by atoms with van der Waals surface area (Å²) in [5.74, 6) is 0.467. The van der Waals surface area contributed by atoms with Gasteiger partial charge in [0, 0.05) is 30.7 Å². The number of nitrogens with one attached hydrogen (secondary N) is 3. The Morgan fingerprint density at radius 1 is 1.23 bits per heavy atom. The van der Waals surface area contributed by atoms with Gasteiger partial charge in [-0.2, -0.15) is 0 Å². The summed E-state index contributed by atoms with van der Waals surface area (Å²) in [4.78, 5) is 4.42. The number of halogens is 3. The number of hydrogen-bond acceptors (Lipinski definition) is 3. The van der Waals surface area contributed by atoms with Crippen LogP contribution in [0.15, 0.2) is 27.7 Å². The number of benzene rings is 1. The molecule has 0 aromatic heterocycles. The molecule has 10 heteroatoms. The molecule has 150 valence electrons. The highest BCUT2D eigenvalue weighted by molar-refractivity contribution is 14.0.